The van der Waals surface area contributed by atoms with Gasteiger partial charge in [-0.1, -0.05) is 11.3 Å². The zero-order valence-corrected chi connectivity index (χ0v) is 10.5. The van der Waals surface area contributed by atoms with Gasteiger partial charge < -0.3 is 5.73 Å². The van der Waals surface area contributed by atoms with E-state index >= 15 is 0 Å². The molecule has 1 aliphatic rings. The minimum Gasteiger partial charge on any atom is -0.330 e. The molecular weight excluding hydrogens is 238 g/mol. The summed E-state index contributed by atoms with van der Waals surface area (Å²) in [5.41, 5.74) is 5.69. The van der Waals surface area contributed by atoms with Crippen molar-refractivity contribution in [3.05, 3.63) is 27.1 Å². The van der Waals surface area contributed by atoms with Crippen molar-refractivity contribution < 1.29 is 4.92 Å². The van der Waals surface area contributed by atoms with Crippen molar-refractivity contribution in [1.29, 1.82) is 0 Å². The molecule has 0 amide bonds. The smallest absolute Gasteiger partial charge is 0.324 e. The average Bonchev–Trinajstić information content (AvgIpc) is 2.78. The number of rotatable bonds is 4. The van der Waals surface area contributed by atoms with Crippen LogP contribution in [0.2, 0.25) is 0 Å². The lowest BCUT2D eigenvalue weighted by atomic mass is 9.98. The molecule has 0 radical (unpaired) electrons. The fraction of sp³-hybridized carbons (Fsp3) is 0.636. The second-order valence-electron chi connectivity index (χ2n) is 4.48. The van der Waals surface area contributed by atoms with Gasteiger partial charge in [0.05, 0.1) is 4.92 Å². The lowest BCUT2D eigenvalue weighted by Gasteiger charge is -2.31. The number of nitrogens with zero attached hydrogens (tertiary/aromatic N) is 2. The zero-order chi connectivity index (χ0) is 12.3. The molecule has 0 aliphatic carbocycles. The first-order valence-electron chi connectivity index (χ1n) is 5.84. The van der Waals surface area contributed by atoms with Crippen LogP contribution in [0.15, 0.2) is 12.1 Å². The average molecular weight is 255 g/mol. The van der Waals surface area contributed by atoms with Gasteiger partial charge in [-0.15, -0.1) is 0 Å². The third kappa shape index (κ3) is 3.24. The molecule has 1 unspecified atom stereocenters. The lowest BCUT2D eigenvalue weighted by Crippen LogP contribution is -2.37. The molecule has 1 fully saturated rings. The van der Waals surface area contributed by atoms with Crippen LogP contribution in [0.4, 0.5) is 5.00 Å². The molecule has 1 saturated heterocycles. The molecule has 1 aromatic heterocycles. The van der Waals surface area contributed by atoms with Crippen LogP contribution in [-0.2, 0) is 6.54 Å². The van der Waals surface area contributed by atoms with Gasteiger partial charge in [0, 0.05) is 24.0 Å². The van der Waals surface area contributed by atoms with Crippen molar-refractivity contribution in [3.63, 3.8) is 0 Å². The van der Waals surface area contributed by atoms with Gasteiger partial charge in [0.2, 0.25) is 0 Å². The van der Waals surface area contributed by atoms with E-state index in [-0.39, 0.29) is 9.92 Å². The highest BCUT2D eigenvalue weighted by Crippen LogP contribution is 2.26. The van der Waals surface area contributed by atoms with Gasteiger partial charge in [0.15, 0.2) is 0 Å². The summed E-state index contributed by atoms with van der Waals surface area (Å²) in [4.78, 5) is 13.7. The quantitative estimate of drug-likeness (QED) is 0.658. The van der Waals surface area contributed by atoms with E-state index in [9.17, 15) is 10.1 Å². The summed E-state index contributed by atoms with van der Waals surface area (Å²) < 4.78 is 0. The molecule has 0 spiro atoms. The number of likely N-dealkylation sites (tertiary alicyclic amines) is 1. The highest BCUT2D eigenvalue weighted by molar-refractivity contribution is 7.15. The van der Waals surface area contributed by atoms with E-state index in [4.69, 9.17) is 5.73 Å². The Kier molecular flexibility index (Phi) is 4.09. The Balaban J connectivity index is 1.93. The number of nitro groups is 1. The van der Waals surface area contributed by atoms with Gasteiger partial charge in [-0.2, -0.15) is 0 Å². The molecule has 2 N–H and O–H groups in total. The van der Waals surface area contributed by atoms with Crippen LogP contribution in [0.1, 0.15) is 17.7 Å². The third-order valence-electron chi connectivity index (χ3n) is 3.14. The lowest BCUT2D eigenvalue weighted by molar-refractivity contribution is -0.380. The van der Waals surface area contributed by atoms with Gasteiger partial charge in [-0.05, 0) is 37.9 Å². The van der Waals surface area contributed by atoms with Crippen LogP contribution in [-0.4, -0.2) is 29.5 Å². The molecule has 0 bridgehead atoms. The van der Waals surface area contributed by atoms with Gasteiger partial charge >= 0.3 is 5.00 Å². The number of nitrogens with two attached hydrogens (primary N) is 1. The van der Waals surface area contributed by atoms with Crippen LogP contribution in [0.25, 0.3) is 0 Å². The summed E-state index contributed by atoms with van der Waals surface area (Å²) in [6, 6.07) is 3.44. The Morgan fingerprint density at radius 3 is 3.06 bits per heavy atom. The van der Waals surface area contributed by atoms with Crippen LogP contribution in [0.3, 0.4) is 0 Å². The number of hydrogen-bond donors (Lipinski definition) is 1. The Labute approximate surface area is 104 Å². The largest absolute Gasteiger partial charge is 0.330 e. The van der Waals surface area contributed by atoms with E-state index in [2.05, 4.69) is 4.90 Å². The first kappa shape index (κ1) is 12.5. The Morgan fingerprint density at radius 1 is 1.59 bits per heavy atom. The third-order valence-corrected chi connectivity index (χ3v) is 4.16. The molecular formula is C11H17N3O2S. The second kappa shape index (κ2) is 5.57. The standard InChI is InChI=1S/C11H17N3O2S/c12-6-9-2-1-5-13(7-9)8-10-3-4-11(17-10)14(15)16/h3-4,9H,1-2,5-8,12H2. The monoisotopic (exact) mass is 255 g/mol. The maximum atomic E-state index is 10.6. The maximum absolute atomic E-state index is 10.6. The maximum Gasteiger partial charge on any atom is 0.324 e. The predicted octanol–water partition coefficient (Wildman–Crippen LogP) is 1.83. The van der Waals surface area contributed by atoms with E-state index in [0.29, 0.717) is 5.92 Å². The molecule has 5 nitrogen and oxygen atoms in total. The predicted molar refractivity (Wildman–Crippen MR) is 68.0 cm³/mol. The number of hydrogen-bond acceptors (Lipinski definition) is 5. The molecule has 94 valence electrons. The molecule has 2 heterocycles. The Hall–Kier alpha value is -0.980. The van der Waals surface area contributed by atoms with Crippen molar-refractivity contribution in [1.82, 2.24) is 4.90 Å². The summed E-state index contributed by atoms with van der Waals surface area (Å²) in [7, 11) is 0. The van der Waals surface area contributed by atoms with Gasteiger partial charge in [0.1, 0.15) is 0 Å². The molecule has 1 aromatic rings. The van der Waals surface area contributed by atoms with Crippen molar-refractivity contribution in [3.8, 4) is 0 Å². The van der Waals surface area contributed by atoms with E-state index in [1.807, 2.05) is 6.07 Å². The van der Waals surface area contributed by atoms with Crippen LogP contribution >= 0.6 is 11.3 Å². The summed E-state index contributed by atoms with van der Waals surface area (Å²) >= 11 is 1.27. The van der Waals surface area contributed by atoms with Gasteiger partial charge in [-0.25, -0.2) is 0 Å². The van der Waals surface area contributed by atoms with E-state index in [1.165, 1.54) is 24.2 Å². The van der Waals surface area contributed by atoms with Crippen molar-refractivity contribution in [2.45, 2.75) is 19.4 Å². The van der Waals surface area contributed by atoms with E-state index in [0.717, 1.165) is 31.1 Å². The number of piperidine rings is 1. The molecule has 2 rings (SSSR count). The van der Waals surface area contributed by atoms with Crippen LogP contribution in [0.5, 0.6) is 0 Å². The summed E-state index contributed by atoms with van der Waals surface area (Å²) in [5.74, 6) is 0.582. The highest BCUT2D eigenvalue weighted by atomic mass is 32.1. The number of thiophene rings is 1. The highest BCUT2D eigenvalue weighted by Gasteiger charge is 2.20. The molecule has 0 saturated carbocycles. The zero-order valence-electron chi connectivity index (χ0n) is 9.67. The minimum atomic E-state index is -0.326. The first-order chi connectivity index (χ1) is 8.19. The summed E-state index contributed by atoms with van der Waals surface area (Å²) in [5, 5.41) is 10.8. The van der Waals surface area contributed by atoms with Crippen molar-refractivity contribution in [2.75, 3.05) is 19.6 Å². The fourth-order valence-electron chi connectivity index (χ4n) is 2.26. The van der Waals surface area contributed by atoms with Crippen LogP contribution in [0, 0.1) is 16.0 Å². The molecule has 17 heavy (non-hydrogen) atoms. The summed E-state index contributed by atoms with van der Waals surface area (Å²) in [6.45, 7) is 3.64. The van der Waals surface area contributed by atoms with E-state index < -0.39 is 0 Å². The SMILES string of the molecule is NCC1CCCN(Cc2ccc([N+](=O)[O-])s2)C1. The molecule has 0 aromatic carbocycles. The van der Waals surface area contributed by atoms with Gasteiger partial charge in [0.25, 0.3) is 0 Å². The minimum absolute atomic E-state index is 0.229. The van der Waals surface area contributed by atoms with Crippen molar-refractivity contribution >= 4 is 16.3 Å². The van der Waals surface area contributed by atoms with Gasteiger partial charge in [-0.3, -0.25) is 15.0 Å². The molecule has 1 atom stereocenters. The first-order valence-corrected chi connectivity index (χ1v) is 6.66. The molecule has 1 aliphatic heterocycles. The molecule has 6 heteroatoms. The Morgan fingerprint density at radius 2 is 2.41 bits per heavy atom. The van der Waals surface area contributed by atoms with Crippen LogP contribution < -0.4 is 5.73 Å². The van der Waals surface area contributed by atoms with Crippen molar-refractivity contribution in [2.24, 2.45) is 11.7 Å². The fourth-order valence-corrected chi connectivity index (χ4v) is 3.12. The summed E-state index contributed by atoms with van der Waals surface area (Å²) in [6.07, 6.45) is 2.38. The normalized spacial score (nSPS) is 21.6. The second-order valence-corrected chi connectivity index (χ2v) is 5.62. The van der Waals surface area contributed by atoms with E-state index in [1.54, 1.807) is 6.07 Å². The topological polar surface area (TPSA) is 72.4 Å². The Bertz CT molecular complexity index is 394.